The summed E-state index contributed by atoms with van der Waals surface area (Å²) in [6.07, 6.45) is 0. The first-order valence-electron chi connectivity index (χ1n) is 12.1. The van der Waals surface area contributed by atoms with Gasteiger partial charge in [-0.15, -0.1) is 0 Å². The van der Waals surface area contributed by atoms with Crippen molar-refractivity contribution in [2.75, 3.05) is 4.90 Å². The Morgan fingerprint density at radius 2 is 1.69 bits per heavy atom. The maximum atomic E-state index is 13.4. The number of carbonyl (C=O) groups excluding carboxylic acids is 2. The minimum atomic E-state index is -1.02. The van der Waals surface area contributed by atoms with Gasteiger partial charge >= 0.3 is 0 Å². The molecule has 2 N–H and O–H groups in total. The third-order valence-electron chi connectivity index (χ3n) is 6.50. The number of Topliss-reactive ketones (excluding diaryl/α,β-unsaturated/α-hetero) is 1. The van der Waals surface area contributed by atoms with Gasteiger partial charge in [-0.1, -0.05) is 65.7 Å². The van der Waals surface area contributed by atoms with Crippen molar-refractivity contribution in [3.8, 4) is 11.5 Å². The van der Waals surface area contributed by atoms with E-state index in [1.54, 1.807) is 48.5 Å². The van der Waals surface area contributed by atoms with Crippen molar-refractivity contribution in [3.05, 3.63) is 129 Å². The highest BCUT2D eigenvalue weighted by molar-refractivity contribution is 6.52. The highest BCUT2D eigenvalue weighted by Crippen LogP contribution is 2.44. The van der Waals surface area contributed by atoms with Gasteiger partial charge in [0.1, 0.15) is 23.9 Å². The second kappa shape index (κ2) is 10.8. The second-order valence-corrected chi connectivity index (χ2v) is 9.96. The van der Waals surface area contributed by atoms with Gasteiger partial charge in [-0.3, -0.25) is 14.5 Å². The molecule has 0 spiro atoms. The maximum Gasteiger partial charge on any atom is 0.300 e. The summed E-state index contributed by atoms with van der Waals surface area (Å²) in [4.78, 5) is 28.0. The number of hydrogen-bond acceptors (Lipinski definition) is 5. The van der Waals surface area contributed by atoms with E-state index in [1.807, 2.05) is 37.3 Å². The van der Waals surface area contributed by atoms with Crippen LogP contribution >= 0.6 is 23.2 Å². The van der Waals surface area contributed by atoms with Crippen LogP contribution in [0.2, 0.25) is 10.0 Å². The molecule has 6 nitrogen and oxygen atoms in total. The van der Waals surface area contributed by atoms with Crippen LogP contribution in [0.4, 0.5) is 5.69 Å². The number of halogens is 2. The monoisotopic (exact) mass is 559 g/mol. The second-order valence-electron chi connectivity index (χ2n) is 9.11. The van der Waals surface area contributed by atoms with Gasteiger partial charge in [-0.05, 0) is 72.1 Å². The average molecular weight is 560 g/mol. The van der Waals surface area contributed by atoms with E-state index >= 15 is 0 Å². The van der Waals surface area contributed by atoms with Crippen LogP contribution in [0.25, 0.3) is 5.76 Å². The Balaban J connectivity index is 1.58. The first-order valence-corrected chi connectivity index (χ1v) is 12.8. The van der Waals surface area contributed by atoms with Gasteiger partial charge in [0.25, 0.3) is 11.7 Å². The van der Waals surface area contributed by atoms with Crippen molar-refractivity contribution in [1.29, 1.82) is 0 Å². The van der Waals surface area contributed by atoms with Crippen molar-refractivity contribution in [1.82, 2.24) is 0 Å². The van der Waals surface area contributed by atoms with E-state index in [0.717, 1.165) is 11.1 Å². The summed E-state index contributed by atoms with van der Waals surface area (Å²) in [5.74, 6) is -1.56. The third-order valence-corrected chi connectivity index (χ3v) is 7.04. The van der Waals surface area contributed by atoms with Gasteiger partial charge in [0, 0.05) is 16.3 Å². The molecular weight excluding hydrogens is 537 g/mol. The first kappa shape index (κ1) is 26.4. The summed E-state index contributed by atoms with van der Waals surface area (Å²) in [6, 6.07) is 24.7. The standard InChI is InChI=1S/C31H23Cl2NO5/c1-18-14-21(11-13-26(18)39-17-19-6-3-2-4-7-19)29(36)27-28(20-10-12-25(35)24(33)15-20)34(31(38)30(27)37)23-9-5-8-22(32)16-23/h2-16,28,35-36H,17H2,1H3/b29-27-. The maximum absolute atomic E-state index is 13.4. The van der Waals surface area contributed by atoms with Crippen LogP contribution in [0.15, 0.2) is 96.6 Å². The number of nitrogens with zero attached hydrogens (tertiary/aromatic N) is 1. The van der Waals surface area contributed by atoms with Gasteiger partial charge in [0.2, 0.25) is 0 Å². The summed E-state index contributed by atoms with van der Waals surface area (Å²) in [5.41, 5.74) is 2.79. The van der Waals surface area contributed by atoms with Crippen LogP contribution in [0.3, 0.4) is 0 Å². The predicted molar refractivity (Wildman–Crippen MR) is 151 cm³/mol. The summed E-state index contributed by atoms with van der Waals surface area (Å²) >= 11 is 12.4. The lowest BCUT2D eigenvalue weighted by molar-refractivity contribution is -0.132. The zero-order chi connectivity index (χ0) is 27.7. The molecule has 1 amide bonds. The van der Waals surface area contributed by atoms with Crippen LogP contribution in [0.5, 0.6) is 11.5 Å². The molecule has 1 fully saturated rings. The molecule has 1 aliphatic rings. The fraction of sp³-hybridized carbons (Fsp3) is 0.0968. The molecule has 196 valence electrons. The van der Waals surface area contributed by atoms with Gasteiger partial charge < -0.3 is 14.9 Å². The Hall–Kier alpha value is -4.26. The third kappa shape index (κ3) is 5.21. The number of rotatable bonds is 6. The molecule has 1 aliphatic heterocycles. The minimum Gasteiger partial charge on any atom is -0.507 e. The zero-order valence-corrected chi connectivity index (χ0v) is 22.3. The van der Waals surface area contributed by atoms with Crippen LogP contribution in [0.1, 0.15) is 28.3 Å². The van der Waals surface area contributed by atoms with E-state index in [0.29, 0.717) is 34.2 Å². The molecular formula is C31H23Cl2NO5. The Labute approximate surface area is 235 Å². The molecule has 1 atom stereocenters. The lowest BCUT2D eigenvalue weighted by Crippen LogP contribution is -2.29. The van der Waals surface area contributed by atoms with Crippen LogP contribution < -0.4 is 9.64 Å². The van der Waals surface area contributed by atoms with Crippen molar-refractivity contribution < 1.29 is 24.5 Å². The zero-order valence-electron chi connectivity index (χ0n) is 20.8. The molecule has 0 aliphatic carbocycles. The lowest BCUT2D eigenvalue weighted by atomic mass is 9.94. The molecule has 0 saturated carbocycles. The largest absolute Gasteiger partial charge is 0.507 e. The molecule has 1 unspecified atom stereocenters. The Morgan fingerprint density at radius 1 is 0.923 bits per heavy atom. The summed E-state index contributed by atoms with van der Waals surface area (Å²) in [5, 5.41) is 21.8. The summed E-state index contributed by atoms with van der Waals surface area (Å²) < 4.78 is 5.94. The molecule has 8 heteroatoms. The molecule has 0 radical (unpaired) electrons. The SMILES string of the molecule is Cc1cc(/C(O)=C2/C(=O)C(=O)N(c3cccc(Cl)c3)C2c2ccc(O)c(Cl)c2)ccc1OCc1ccccc1. The quantitative estimate of drug-likeness (QED) is 0.148. The number of phenols is 1. The normalized spacial score (nSPS) is 16.5. The lowest BCUT2D eigenvalue weighted by Gasteiger charge is -2.26. The van der Waals surface area contributed by atoms with Crippen molar-refractivity contribution in [2.24, 2.45) is 0 Å². The van der Waals surface area contributed by atoms with Crippen molar-refractivity contribution in [3.63, 3.8) is 0 Å². The van der Waals surface area contributed by atoms with E-state index < -0.39 is 17.7 Å². The van der Waals surface area contributed by atoms with Crippen molar-refractivity contribution in [2.45, 2.75) is 19.6 Å². The van der Waals surface area contributed by atoms with Crippen LogP contribution in [-0.2, 0) is 16.2 Å². The molecule has 4 aromatic carbocycles. The number of phenolic OH excluding ortho intramolecular Hbond substituents is 1. The van der Waals surface area contributed by atoms with E-state index in [2.05, 4.69) is 0 Å². The van der Waals surface area contributed by atoms with E-state index in [9.17, 15) is 19.8 Å². The topological polar surface area (TPSA) is 87.1 Å². The number of carbonyl (C=O) groups is 2. The molecule has 5 rings (SSSR count). The number of aliphatic hydroxyl groups is 1. The Kier molecular flexibility index (Phi) is 7.33. The smallest absolute Gasteiger partial charge is 0.300 e. The average Bonchev–Trinajstić information content (AvgIpc) is 3.19. The van der Waals surface area contributed by atoms with Gasteiger partial charge in [-0.2, -0.15) is 0 Å². The number of aromatic hydroxyl groups is 1. The van der Waals surface area contributed by atoms with E-state index in [-0.39, 0.29) is 22.1 Å². The summed E-state index contributed by atoms with van der Waals surface area (Å²) in [7, 11) is 0. The van der Waals surface area contributed by atoms with Crippen LogP contribution in [-0.4, -0.2) is 21.9 Å². The minimum absolute atomic E-state index is 0.0416. The molecule has 0 bridgehead atoms. The Bertz CT molecular complexity index is 1620. The van der Waals surface area contributed by atoms with E-state index in [4.69, 9.17) is 27.9 Å². The fourth-order valence-corrected chi connectivity index (χ4v) is 4.96. The number of ether oxygens (including phenoxy) is 1. The Morgan fingerprint density at radius 3 is 2.38 bits per heavy atom. The molecule has 4 aromatic rings. The molecule has 39 heavy (non-hydrogen) atoms. The number of aryl methyl sites for hydroxylation is 1. The first-order chi connectivity index (χ1) is 18.7. The van der Waals surface area contributed by atoms with Crippen molar-refractivity contribution >= 4 is 46.3 Å². The molecule has 0 aromatic heterocycles. The molecule has 1 saturated heterocycles. The van der Waals surface area contributed by atoms with Gasteiger partial charge in [-0.25, -0.2) is 0 Å². The number of anilines is 1. The van der Waals surface area contributed by atoms with E-state index in [1.165, 1.54) is 17.0 Å². The number of benzene rings is 4. The number of hydrogen-bond donors (Lipinski definition) is 2. The highest BCUT2D eigenvalue weighted by atomic mass is 35.5. The van der Waals surface area contributed by atoms with Gasteiger partial charge in [0.15, 0.2) is 0 Å². The number of aliphatic hydroxyl groups excluding tert-OH is 1. The fourth-order valence-electron chi connectivity index (χ4n) is 4.58. The van der Waals surface area contributed by atoms with Crippen LogP contribution in [0, 0.1) is 6.92 Å². The number of ketones is 1. The number of amides is 1. The van der Waals surface area contributed by atoms with Gasteiger partial charge in [0.05, 0.1) is 16.6 Å². The summed E-state index contributed by atoms with van der Waals surface area (Å²) in [6.45, 7) is 2.21. The highest BCUT2D eigenvalue weighted by Gasteiger charge is 2.47. The molecule has 1 heterocycles. The predicted octanol–water partition coefficient (Wildman–Crippen LogP) is 7.21.